The number of nitrogens with zero attached hydrogens (tertiary/aromatic N) is 1. The predicted molar refractivity (Wildman–Crippen MR) is 273 cm³/mol. The highest BCUT2D eigenvalue weighted by atomic mass is 16.6. The molecule has 0 aromatic rings. The maximum Gasteiger partial charge on any atom is 0.306 e. The molecule has 2 atom stereocenters. The molecule has 0 radical (unpaired) electrons. The normalized spacial score (nSPS) is 13.3. The van der Waals surface area contributed by atoms with Gasteiger partial charge in [0.25, 0.3) is 0 Å². The van der Waals surface area contributed by atoms with E-state index in [-0.39, 0.29) is 42.7 Å². The predicted octanol–water partition coefficient (Wildman–Crippen LogP) is 14.4. The van der Waals surface area contributed by atoms with Crippen LogP contribution in [-0.4, -0.2) is 75.5 Å². The number of rotatable bonds is 48. The summed E-state index contributed by atoms with van der Waals surface area (Å²) < 4.78 is 17.3. The molecule has 0 aromatic carbocycles. The molecule has 8 heteroatoms. The topological polar surface area (TPSA) is 102 Å². The Balaban J connectivity index is 4.22. The van der Waals surface area contributed by atoms with Crippen molar-refractivity contribution in [3.05, 3.63) is 60.8 Å². The minimum absolute atomic E-state index is 0.0381. The smallest absolute Gasteiger partial charge is 0.306 e. The van der Waals surface area contributed by atoms with Gasteiger partial charge >= 0.3 is 11.9 Å². The van der Waals surface area contributed by atoms with Gasteiger partial charge in [0, 0.05) is 19.3 Å². The van der Waals surface area contributed by atoms with Crippen LogP contribution in [0.2, 0.25) is 0 Å². The van der Waals surface area contributed by atoms with Crippen molar-refractivity contribution < 1.29 is 38.2 Å². The van der Waals surface area contributed by atoms with E-state index in [4.69, 9.17) is 14.2 Å². The highest BCUT2D eigenvalue weighted by Gasteiger charge is 2.25. The van der Waals surface area contributed by atoms with Crippen molar-refractivity contribution in [2.45, 2.75) is 244 Å². The fourth-order valence-corrected chi connectivity index (χ4v) is 7.78. The maximum atomic E-state index is 12.8. The van der Waals surface area contributed by atoms with Gasteiger partial charge in [-0.15, -0.1) is 0 Å². The highest BCUT2D eigenvalue weighted by Crippen LogP contribution is 2.16. The lowest BCUT2D eigenvalue weighted by atomic mass is 10.0. The summed E-state index contributed by atoms with van der Waals surface area (Å²) in [5.74, 6) is -1.74. The Morgan fingerprint density at radius 3 is 1.37 bits per heavy atom. The summed E-state index contributed by atoms with van der Waals surface area (Å²) in [4.78, 5) is 37.1. The molecule has 0 heterocycles. The van der Waals surface area contributed by atoms with Crippen molar-refractivity contribution in [2.75, 3.05) is 41.0 Å². The second kappa shape index (κ2) is 47.5. The Morgan fingerprint density at radius 1 is 0.492 bits per heavy atom. The zero-order chi connectivity index (χ0) is 47.7. The average molecular weight is 912 g/mol. The first-order chi connectivity index (χ1) is 31.6. The molecule has 0 aliphatic heterocycles. The van der Waals surface area contributed by atoms with Gasteiger partial charge in [-0.25, -0.2) is 0 Å². The third-order valence-corrected chi connectivity index (χ3v) is 11.9. The lowest BCUT2D eigenvalue weighted by molar-refractivity contribution is -0.889. The molecule has 8 nitrogen and oxygen atoms in total. The number of carboxylic acid groups (broad SMARTS) is 1. The zero-order valence-corrected chi connectivity index (χ0v) is 42.9. The number of quaternary nitrogens is 1. The van der Waals surface area contributed by atoms with Crippen LogP contribution >= 0.6 is 0 Å². The Morgan fingerprint density at radius 2 is 0.908 bits per heavy atom. The Bertz CT molecular complexity index is 1250. The molecule has 0 bridgehead atoms. The number of unbranched alkanes of at least 4 members (excludes halogenated alkanes) is 25. The minimum atomic E-state index is -1.13. The van der Waals surface area contributed by atoms with Crippen molar-refractivity contribution in [3.63, 3.8) is 0 Å². The number of carbonyl (C=O) groups is 3. The lowest BCUT2D eigenvalue weighted by Gasteiger charge is -2.34. The van der Waals surface area contributed by atoms with E-state index in [0.717, 1.165) is 57.8 Å². The number of aliphatic carboxylic acids is 1. The van der Waals surface area contributed by atoms with Gasteiger partial charge < -0.3 is 28.6 Å². The van der Waals surface area contributed by atoms with Crippen LogP contribution in [0.25, 0.3) is 0 Å². The van der Waals surface area contributed by atoms with Crippen LogP contribution < -0.4 is 5.11 Å². The number of hydrogen-bond acceptors (Lipinski definition) is 7. The van der Waals surface area contributed by atoms with E-state index in [1.807, 2.05) is 0 Å². The number of ether oxygens (including phenoxy) is 3. The Kier molecular flexibility index (Phi) is 45.3. The molecule has 0 aliphatic rings. The van der Waals surface area contributed by atoms with E-state index in [2.05, 4.69) is 74.6 Å². The van der Waals surface area contributed by atoms with Crippen molar-refractivity contribution in [2.24, 2.45) is 0 Å². The number of carboxylic acids is 1. The summed E-state index contributed by atoms with van der Waals surface area (Å²) in [6.07, 6.45) is 59.6. The summed E-state index contributed by atoms with van der Waals surface area (Å²) in [5, 5.41) is 11.7. The SMILES string of the molecule is CC/C=C/C/C=C/C/C=C/CCCCCCCCCCCCCC(=O)OC(COCCC(C(=O)[O-])[N+](C)(C)C)COC(=O)CCCCCCCCCCCC/C=C/C=C/CCCCCC. The molecule has 0 fully saturated rings. The number of carbonyl (C=O) groups excluding carboxylic acids is 3. The third kappa shape index (κ3) is 46.0. The fraction of sp³-hybridized carbons (Fsp3) is 0.772. The fourth-order valence-electron chi connectivity index (χ4n) is 7.78. The molecule has 0 saturated carbocycles. The van der Waals surface area contributed by atoms with Gasteiger partial charge in [0.2, 0.25) is 0 Å². The summed E-state index contributed by atoms with van der Waals surface area (Å²) in [7, 11) is 5.42. The molecular weight excluding hydrogens is 811 g/mol. The lowest BCUT2D eigenvalue weighted by Crippen LogP contribution is -2.55. The molecular formula is C57H101NO7. The van der Waals surface area contributed by atoms with Crippen molar-refractivity contribution >= 4 is 17.9 Å². The average Bonchev–Trinajstić information content (AvgIpc) is 3.27. The first-order valence-corrected chi connectivity index (χ1v) is 26.8. The van der Waals surface area contributed by atoms with Gasteiger partial charge in [-0.1, -0.05) is 203 Å². The summed E-state index contributed by atoms with van der Waals surface area (Å²) in [6, 6.07) is -0.729. The van der Waals surface area contributed by atoms with Crippen molar-refractivity contribution in [3.8, 4) is 0 Å². The standard InChI is InChI=1S/C57H101NO7/c1-6-8-10-12-14-16-18-20-22-24-26-28-30-32-34-36-38-40-42-44-46-48-56(60)65-53(51-63-50-49-54(57(61)62)58(3,4)5)52-64-55(59)47-45-43-41-39-37-35-33-31-29-27-25-23-21-19-17-15-13-11-9-7-2/h8,10,14,16-17,19-23,53-54H,6-7,9,11-13,15,18,24-52H2,1-5H3/b10-8+,16-14+,19-17+,22-20+,23-21+. The maximum absolute atomic E-state index is 12.8. The molecule has 0 amide bonds. The minimum Gasteiger partial charge on any atom is -0.544 e. The van der Waals surface area contributed by atoms with Crippen LogP contribution in [0.3, 0.4) is 0 Å². The molecule has 0 aliphatic carbocycles. The molecule has 2 unspecified atom stereocenters. The van der Waals surface area contributed by atoms with Crippen LogP contribution in [0, 0.1) is 0 Å². The van der Waals surface area contributed by atoms with E-state index >= 15 is 0 Å². The molecule has 65 heavy (non-hydrogen) atoms. The second-order valence-electron chi connectivity index (χ2n) is 19.1. The largest absolute Gasteiger partial charge is 0.544 e. The van der Waals surface area contributed by atoms with Crippen LogP contribution in [0.5, 0.6) is 0 Å². The number of likely N-dealkylation sites (N-methyl/N-ethyl adjacent to an activating group) is 1. The van der Waals surface area contributed by atoms with Gasteiger partial charge in [0.05, 0.1) is 40.3 Å². The number of esters is 2. The van der Waals surface area contributed by atoms with Crippen LogP contribution in [0.4, 0.5) is 0 Å². The molecule has 0 rings (SSSR count). The van der Waals surface area contributed by atoms with Crippen molar-refractivity contribution in [1.82, 2.24) is 0 Å². The van der Waals surface area contributed by atoms with Gasteiger partial charge in [0.15, 0.2) is 6.10 Å². The van der Waals surface area contributed by atoms with E-state index in [1.54, 1.807) is 21.1 Å². The molecule has 0 aromatic heterocycles. The van der Waals surface area contributed by atoms with Gasteiger partial charge in [-0.3, -0.25) is 9.59 Å². The first kappa shape index (κ1) is 62.0. The third-order valence-electron chi connectivity index (χ3n) is 11.9. The second-order valence-corrected chi connectivity index (χ2v) is 19.1. The summed E-state index contributed by atoms with van der Waals surface area (Å²) in [6.45, 7) is 4.55. The summed E-state index contributed by atoms with van der Waals surface area (Å²) >= 11 is 0. The van der Waals surface area contributed by atoms with E-state index in [9.17, 15) is 19.5 Å². The molecule has 0 saturated heterocycles. The number of allylic oxidation sites excluding steroid dienone is 10. The van der Waals surface area contributed by atoms with E-state index < -0.39 is 18.1 Å². The van der Waals surface area contributed by atoms with Crippen LogP contribution in [0.1, 0.15) is 232 Å². The zero-order valence-electron chi connectivity index (χ0n) is 42.9. The Labute approximate surface area is 400 Å². The van der Waals surface area contributed by atoms with Crippen molar-refractivity contribution in [1.29, 1.82) is 0 Å². The number of hydrogen-bond donors (Lipinski definition) is 0. The quantitative estimate of drug-likeness (QED) is 0.0197. The van der Waals surface area contributed by atoms with E-state index in [0.29, 0.717) is 12.8 Å². The molecule has 376 valence electrons. The van der Waals surface area contributed by atoms with Crippen LogP contribution in [-0.2, 0) is 28.6 Å². The van der Waals surface area contributed by atoms with Crippen LogP contribution in [0.15, 0.2) is 60.8 Å². The Hall–Kier alpha value is -2.97. The summed E-state index contributed by atoms with van der Waals surface area (Å²) in [5.41, 5.74) is 0. The van der Waals surface area contributed by atoms with Gasteiger partial charge in [-0.05, 0) is 70.6 Å². The van der Waals surface area contributed by atoms with E-state index in [1.165, 1.54) is 141 Å². The van der Waals surface area contributed by atoms with Gasteiger partial charge in [0.1, 0.15) is 12.6 Å². The monoisotopic (exact) mass is 912 g/mol. The molecule has 0 N–H and O–H groups in total. The highest BCUT2D eigenvalue weighted by molar-refractivity contribution is 5.70. The molecule has 0 spiro atoms. The first-order valence-electron chi connectivity index (χ1n) is 26.8. The van der Waals surface area contributed by atoms with Gasteiger partial charge in [-0.2, -0.15) is 0 Å².